The molecule has 0 N–H and O–H groups in total. The first-order chi connectivity index (χ1) is 13.3. The van der Waals surface area contributed by atoms with Crippen molar-refractivity contribution in [2.24, 2.45) is 0 Å². The molecule has 3 aromatic rings. The number of aromatic nitrogens is 2. The van der Waals surface area contributed by atoms with E-state index in [1.54, 1.807) is 0 Å². The van der Waals surface area contributed by atoms with Crippen molar-refractivity contribution in [3.63, 3.8) is 0 Å². The molecule has 0 unspecified atom stereocenters. The molecule has 28 heavy (non-hydrogen) atoms. The minimum absolute atomic E-state index is 0.416. The van der Waals surface area contributed by atoms with Gasteiger partial charge in [-0.25, -0.2) is 9.97 Å². The molecule has 2 aromatic carbocycles. The number of para-hydroxylation sites is 1. The molecule has 0 radical (unpaired) electrons. The van der Waals surface area contributed by atoms with E-state index in [9.17, 15) is 13.2 Å². The second-order valence-corrected chi connectivity index (χ2v) is 6.88. The molecule has 7 heteroatoms. The summed E-state index contributed by atoms with van der Waals surface area (Å²) in [6.45, 7) is 0.783. The maximum Gasteiger partial charge on any atom is 0.416 e. The summed E-state index contributed by atoms with van der Waals surface area (Å²) in [5, 5.41) is 0. The van der Waals surface area contributed by atoms with Crippen molar-refractivity contribution in [3.05, 3.63) is 65.7 Å². The lowest BCUT2D eigenvalue weighted by Crippen LogP contribution is -2.16. The standard InChI is InChI=1S/C21H19F3N4/c1-27(2)19-17-12-13-28(16-6-4-3-5-7-16)20(17)26-18(25-19)14-8-10-15(11-9-14)21(22,23)24/h3-11H,12-13H2,1-2H3. The summed E-state index contributed by atoms with van der Waals surface area (Å²) in [5.41, 5.74) is 1.95. The number of benzene rings is 2. The molecule has 0 atom stereocenters. The second kappa shape index (κ2) is 6.82. The summed E-state index contributed by atoms with van der Waals surface area (Å²) in [6, 6.07) is 14.9. The fraction of sp³-hybridized carbons (Fsp3) is 0.238. The highest BCUT2D eigenvalue weighted by Gasteiger charge is 2.31. The monoisotopic (exact) mass is 384 g/mol. The van der Waals surface area contributed by atoms with E-state index < -0.39 is 11.7 Å². The van der Waals surface area contributed by atoms with Crippen LogP contribution in [0, 0.1) is 0 Å². The van der Waals surface area contributed by atoms with Gasteiger partial charge >= 0.3 is 6.18 Å². The number of halogens is 3. The molecule has 1 aliphatic heterocycles. The SMILES string of the molecule is CN(C)c1nc(-c2ccc(C(F)(F)F)cc2)nc2c1CCN2c1ccccc1. The predicted molar refractivity (Wildman–Crippen MR) is 104 cm³/mol. The van der Waals surface area contributed by atoms with Gasteiger partial charge in [-0.2, -0.15) is 13.2 Å². The molecule has 0 bridgehead atoms. The minimum Gasteiger partial charge on any atom is -0.362 e. The third kappa shape index (κ3) is 3.28. The highest BCUT2D eigenvalue weighted by Crippen LogP contribution is 2.39. The molecule has 0 amide bonds. The fourth-order valence-corrected chi connectivity index (χ4v) is 3.40. The van der Waals surface area contributed by atoms with E-state index in [1.165, 1.54) is 12.1 Å². The number of anilines is 3. The summed E-state index contributed by atoms with van der Waals surface area (Å²) in [4.78, 5) is 13.4. The molecule has 0 saturated heterocycles. The van der Waals surface area contributed by atoms with E-state index in [2.05, 4.69) is 9.88 Å². The van der Waals surface area contributed by atoms with Crippen molar-refractivity contribution >= 4 is 17.3 Å². The Labute approximate surface area is 161 Å². The molecule has 2 heterocycles. The molecular weight excluding hydrogens is 365 g/mol. The number of rotatable bonds is 3. The first-order valence-electron chi connectivity index (χ1n) is 8.93. The third-order valence-corrected chi connectivity index (χ3v) is 4.77. The topological polar surface area (TPSA) is 32.3 Å². The maximum atomic E-state index is 12.9. The number of nitrogens with zero attached hydrogens (tertiary/aromatic N) is 4. The van der Waals surface area contributed by atoms with Crippen LogP contribution in [0.2, 0.25) is 0 Å². The van der Waals surface area contributed by atoms with Crippen LogP contribution in [0.5, 0.6) is 0 Å². The Morgan fingerprint density at radius 3 is 2.21 bits per heavy atom. The zero-order chi connectivity index (χ0) is 19.9. The molecule has 4 rings (SSSR count). The summed E-state index contributed by atoms with van der Waals surface area (Å²) < 4.78 is 38.6. The van der Waals surface area contributed by atoms with Crippen molar-refractivity contribution in [1.29, 1.82) is 0 Å². The van der Waals surface area contributed by atoms with Crippen molar-refractivity contribution in [1.82, 2.24) is 9.97 Å². The Bertz CT molecular complexity index is 983. The number of fused-ring (bicyclic) bond motifs is 1. The average Bonchev–Trinajstić information content (AvgIpc) is 3.11. The Morgan fingerprint density at radius 1 is 0.929 bits per heavy atom. The van der Waals surface area contributed by atoms with Crippen molar-refractivity contribution in [3.8, 4) is 11.4 Å². The molecule has 4 nitrogen and oxygen atoms in total. The normalized spacial score (nSPS) is 13.5. The zero-order valence-corrected chi connectivity index (χ0v) is 15.5. The van der Waals surface area contributed by atoms with Gasteiger partial charge in [-0.3, -0.25) is 0 Å². The lowest BCUT2D eigenvalue weighted by Gasteiger charge is -2.21. The Morgan fingerprint density at radius 2 is 1.61 bits per heavy atom. The van der Waals surface area contributed by atoms with Gasteiger partial charge in [-0.1, -0.05) is 30.3 Å². The summed E-state index contributed by atoms with van der Waals surface area (Å²) in [7, 11) is 3.81. The highest BCUT2D eigenvalue weighted by atomic mass is 19.4. The van der Waals surface area contributed by atoms with Crippen LogP contribution in [0.4, 0.5) is 30.5 Å². The second-order valence-electron chi connectivity index (χ2n) is 6.88. The molecule has 1 aliphatic rings. The van der Waals surface area contributed by atoms with Crippen LogP contribution in [0.25, 0.3) is 11.4 Å². The van der Waals surface area contributed by atoms with Crippen LogP contribution in [-0.2, 0) is 12.6 Å². The van der Waals surface area contributed by atoms with Crippen molar-refractivity contribution in [2.45, 2.75) is 12.6 Å². The van der Waals surface area contributed by atoms with Gasteiger partial charge in [0.15, 0.2) is 5.82 Å². The number of hydrogen-bond donors (Lipinski definition) is 0. The molecule has 0 spiro atoms. The van der Waals surface area contributed by atoms with Gasteiger partial charge in [0.1, 0.15) is 11.6 Å². The van der Waals surface area contributed by atoms with Crippen LogP contribution in [0.1, 0.15) is 11.1 Å². The quantitative estimate of drug-likeness (QED) is 0.641. The zero-order valence-electron chi connectivity index (χ0n) is 15.5. The molecule has 144 valence electrons. The first kappa shape index (κ1) is 18.3. The minimum atomic E-state index is -4.36. The van der Waals surface area contributed by atoms with Gasteiger partial charge in [0, 0.05) is 37.5 Å². The van der Waals surface area contributed by atoms with Crippen LogP contribution in [0.15, 0.2) is 54.6 Å². The van der Waals surface area contributed by atoms with Gasteiger partial charge in [0.2, 0.25) is 0 Å². The van der Waals surface area contributed by atoms with Gasteiger partial charge in [0.25, 0.3) is 0 Å². The van der Waals surface area contributed by atoms with Crippen LogP contribution < -0.4 is 9.80 Å². The summed E-state index contributed by atoms with van der Waals surface area (Å²) in [6.07, 6.45) is -3.55. The molecule has 0 saturated carbocycles. The summed E-state index contributed by atoms with van der Waals surface area (Å²) >= 11 is 0. The molecule has 0 aliphatic carbocycles. The lowest BCUT2D eigenvalue weighted by molar-refractivity contribution is -0.137. The van der Waals surface area contributed by atoms with Gasteiger partial charge < -0.3 is 9.80 Å². The average molecular weight is 384 g/mol. The van der Waals surface area contributed by atoms with Gasteiger partial charge in [-0.15, -0.1) is 0 Å². The first-order valence-corrected chi connectivity index (χ1v) is 8.93. The summed E-state index contributed by atoms with van der Waals surface area (Å²) in [5.74, 6) is 2.01. The van der Waals surface area contributed by atoms with E-state index in [0.717, 1.165) is 48.0 Å². The van der Waals surface area contributed by atoms with E-state index >= 15 is 0 Å². The van der Waals surface area contributed by atoms with Crippen molar-refractivity contribution < 1.29 is 13.2 Å². The fourth-order valence-electron chi connectivity index (χ4n) is 3.40. The Hall–Kier alpha value is -3.09. The highest BCUT2D eigenvalue weighted by molar-refractivity contribution is 5.74. The van der Waals surface area contributed by atoms with E-state index in [0.29, 0.717) is 11.4 Å². The van der Waals surface area contributed by atoms with Crippen LogP contribution in [-0.4, -0.2) is 30.6 Å². The largest absolute Gasteiger partial charge is 0.416 e. The third-order valence-electron chi connectivity index (χ3n) is 4.77. The van der Waals surface area contributed by atoms with E-state index in [4.69, 9.17) is 4.98 Å². The maximum absolute atomic E-state index is 12.9. The van der Waals surface area contributed by atoms with Crippen LogP contribution >= 0.6 is 0 Å². The van der Waals surface area contributed by atoms with Crippen LogP contribution in [0.3, 0.4) is 0 Å². The predicted octanol–water partition coefficient (Wildman–Crippen LogP) is 4.92. The molecule has 1 aromatic heterocycles. The van der Waals surface area contributed by atoms with Crippen molar-refractivity contribution in [2.75, 3.05) is 30.4 Å². The number of alkyl halides is 3. The molecular formula is C21H19F3N4. The smallest absolute Gasteiger partial charge is 0.362 e. The van der Waals surface area contributed by atoms with Gasteiger partial charge in [0.05, 0.1) is 5.56 Å². The lowest BCUT2D eigenvalue weighted by atomic mass is 10.1. The molecule has 0 fully saturated rings. The Kier molecular flexibility index (Phi) is 4.45. The Balaban J connectivity index is 1.81. The van der Waals surface area contributed by atoms with E-state index in [1.807, 2.05) is 49.3 Å². The number of hydrogen-bond acceptors (Lipinski definition) is 4. The van der Waals surface area contributed by atoms with Gasteiger partial charge in [-0.05, 0) is 30.7 Å². The van der Waals surface area contributed by atoms with E-state index in [-0.39, 0.29) is 0 Å².